The predicted molar refractivity (Wildman–Crippen MR) is 85.1 cm³/mol. The monoisotopic (exact) mass is 310 g/mol. The smallest absolute Gasteiger partial charge is 0.172 e. The Hall–Kier alpha value is -0.980. The zero-order valence-electron chi connectivity index (χ0n) is 12.5. The highest BCUT2D eigenvalue weighted by molar-refractivity contribution is 7.58. The second-order valence-corrected chi connectivity index (χ2v) is 6.88. The van der Waals surface area contributed by atoms with Gasteiger partial charge in [0.15, 0.2) is 5.82 Å². The molecule has 0 saturated heterocycles. The second kappa shape index (κ2) is 6.65. The molecule has 0 amide bonds. The summed E-state index contributed by atoms with van der Waals surface area (Å²) in [5.41, 5.74) is 0. The standard InChI is InChI=1S/C14H22N4S2/c1-10(2)17(11(3)4)7-8-18-13(15-16-14(18)19)12-6-5-9-20-12/h5-6,9-11H,7-8H2,1-4H3,(H,16,19). The van der Waals surface area contributed by atoms with Crippen LogP contribution in [0.25, 0.3) is 10.7 Å². The van der Waals surface area contributed by atoms with E-state index in [1.165, 1.54) is 0 Å². The Morgan fingerprint density at radius 3 is 2.50 bits per heavy atom. The number of nitrogens with one attached hydrogen (secondary N) is 1. The quantitative estimate of drug-likeness (QED) is 0.824. The molecule has 0 radical (unpaired) electrons. The Bertz CT molecular complexity index is 523. The lowest BCUT2D eigenvalue weighted by atomic mass is 10.2. The zero-order chi connectivity index (χ0) is 14.7. The molecule has 0 spiro atoms. The van der Waals surface area contributed by atoms with Crippen LogP contribution in [0.3, 0.4) is 0 Å². The van der Waals surface area contributed by atoms with Crippen molar-refractivity contribution in [1.82, 2.24) is 14.8 Å². The van der Waals surface area contributed by atoms with Gasteiger partial charge in [-0.25, -0.2) is 0 Å². The number of quaternary nitrogens is 1. The molecule has 4 nitrogen and oxygen atoms in total. The lowest BCUT2D eigenvalue weighted by molar-refractivity contribution is -0.942. The van der Waals surface area contributed by atoms with E-state index in [0.717, 1.165) is 23.8 Å². The minimum absolute atomic E-state index is 0.584. The topological polar surface area (TPSA) is 35.2 Å². The SMILES string of the molecule is CC(C)[NH+](CCn1c([S-])nnc1-c1cccs1)C(C)C. The maximum Gasteiger partial charge on any atom is 0.172 e. The highest BCUT2D eigenvalue weighted by atomic mass is 32.1. The van der Waals surface area contributed by atoms with E-state index in [9.17, 15) is 0 Å². The van der Waals surface area contributed by atoms with Crippen LogP contribution in [0.5, 0.6) is 0 Å². The van der Waals surface area contributed by atoms with Crippen LogP contribution in [0.1, 0.15) is 27.7 Å². The summed E-state index contributed by atoms with van der Waals surface area (Å²) in [5.74, 6) is 0.900. The summed E-state index contributed by atoms with van der Waals surface area (Å²) in [6.45, 7) is 10.9. The van der Waals surface area contributed by atoms with E-state index in [4.69, 9.17) is 12.6 Å². The van der Waals surface area contributed by atoms with Crippen molar-refractivity contribution in [3.8, 4) is 10.7 Å². The van der Waals surface area contributed by atoms with E-state index in [1.807, 2.05) is 6.07 Å². The fourth-order valence-electron chi connectivity index (χ4n) is 2.56. The molecule has 0 aliphatic heterocycles. The molecule has 1 N–H and O–H groups in total. The van der Waals surface area contributed by atoms with Gasteiger partial charge in [0, 0.05) is 5.16 Å². The van der Waals surface area contributed by atoms with Gasteiger partial charge in [0.1, 0.15) is 0 Å². The van der Waals surface area contributed by atoms with Gasteiger partial charge >= 0.3 is 0 Å². The average molecular weight is 310 g/mol. The molecule has 2 aromatic rings. The van der Waals surface area contributed by atoms with E-state index in [2.05, 4.69) is 53.9 Å². The van der Waals surface area contributed by atoms with E-state index in [0.29, 0.717) is 17.2 Å². The van der Waals surface area contributed by atoms with Gasteiger partial charge in [-0.2, -0.15) is 5.10 Å². The lowest BCUT2D eigenvalue weighted by Gasteiger charge is -2.28. The Morgan fingerprint density at radius 2 is 1.95 bits per heavy atom. The summed E-state index contributed by atoms with van der Waals surface area (Å²) in [6.07, 6.45) is 0. The molecule has 2 heterocycles. The first-order valence-corrected chi connectivity index (χ1v) is 8.29. The van der Waals surface area contributed by atoms with E-state index < -0.39 is 0 Å². The number of nitrogens with zero attached hydrogens (tertiary/aromatic N) is 3. The van der Waals surface area contributed by atoms with Crippen LogP contribution in [-0.4, -0.2) is 33.4 Å². The van der Waals surface area contributed by atoms with Gasteiger partial charge in [0.2, 0.25) is 0 Å². The zero-order valence-corrected chi connectivity index (χ0v) is 14.1. The van der Waals surface area contributed by atoms with Gasteiger partial charge in [-0.05, 0) is 39.1 Å². The van der Waals surface area contributed by atoms with Crippen molar-refractivity contribution in [2.24, 2.45) is 0 Å². The maximum atomic E-state index is 5.31. The van der Waals surface area contributed by atoms with Crippen LogP contribution in [0.2, 0.25) is 0 Å². The van der Waals surface area contributed by atoms with Crippen LogP contribution < -0.4 is 4.90 Å². The molecule has 20 heavy (non-hydrogen) atoms. The molecule has 0 aliphatic rings. The Balaban J connectivity index is 2.16. The minimum atomic E-state index is 0.584. The Kier molecular flexibility index (Phi) is 5.12. The van der Waals surface area contributed by atoms with Crippen molar-refractivity contribution < 1.29 is 4.90 Å². The summed E-state index contributed by atoms with van der Waals surface area (Å²) < 4.78 is 2.06. The van der Waals surface area contributed by atoms with E-state index in [-0.39, 0.29) is 0 Å². The third-order valence-electron chi connectivity index (χ3n) is 3.57. The summed E-state index contributed by atoms with van der Waals surface area (Å²) in [7, 11) is 0. The summed E-state index contributed by atoms with van der Waals surface area (Å²) in [4.78, 5) is 2.70. The molecule has 0 atom stereocenters. The van der Waals surface area contributed by atoms with Crippen molar-refractivity contribution in [1.29, 1.82) is 0 Å². The highest BCUT2D eigenvalue weighted by Gasteiger charge is 2.18. The van der Waals surface area contributed by atoms with Crippen LogP contribution >= 0.6 is 11.3 Å². The third-order valence-corrected chi connectivity index (χ3v) is 4.73. The molecular formula is C14H22N4S2. The van der Waals surface area contributed by atoms with Gasteiger partial charge in [-0.15, -0.1) is 16.4 Å². The first kappa shape index (κ1) is 15.4. The van der Waals surface area contributed by atoms with Gasteiger partial charge in [-0.1, -0.05) is 6.07 Å². The normalized spacial score (nSPS) is 11.9. The van der Waals surface area contributed by atoms with Gasteiger partial charge in [-0.3, -0.25) is 0 Å². The van der Waals surface area contributed by atoms with Crippen molar-refractivity contribution in [2.45, 2.75) is 51.5 Å². The van der Waals surface area contributed by atoms with Crippen LogP contribution in [0.15, 0.2) is 22.7 Å². The van der Waals surface area contributed by atoms with Crippen LogP contribution in [0.4, 0.5) is 0 Å². The number of hydrogen-bond acceptors (Lipinski definition) is 4. The molecule has 110 valence electrons. The van der Waals surface area contributed by atoms with Crippen LogP contribution in [0, 0.1) is 0 Å². The fraction of sp³-hybridized carbons (Fsp3) is 0.571. The Morgan fingerprint density at radius 1 is 1.25 bits per heavy atom. The second-order valence-electron chi connectivity index (χ2n) is 5.57. The van der Waals surface area contributed by atoms with E-state index in [1.54, 1.807) is 16.2 Å². The number of thiophene rings is 1. The molecule has 0 bridgehead atoms. The minimum Gasteiger partial charge on any atom is -0.740 e. The molecule has 2 aromatic heterocycles. The van der Waals surface area contributed by atoms with Gasteiger partial charge in [0.25, 0.3) is 0 Å². The molecule has 0 fully saturated rings. The highest BCUT2D eigenvalue weighted by Crippen LogP contribution is 2.23. The Labute approximate surface area is 130 Å². The van der Waals surface area contributed by atoms with Crippen LogP contribution in [-0.2, 0) is 19.2 Å². The number of hydrogen-bond donors (Lipinski definition) is 1. The van der Waals surface area contributed by atoms with E-state index >= 15 is 0 Å². The molecule has 6 heteroatoms. The largest absolute Gasteiger partial charge is 0.740 e. The predicted octanol–water partition coefficient (Wildman–Crippen LogP) is 1.61. The number of rotatable bonds is 6. The van der Waals surface area contributed by atoms with Crippen molar-refractivity contribution in [2.75, 3.05) is 6.54 Å². The van der Waals surface area contributed by atoms with Crippen molar-refractivity contribution >= 4 is 24.0 Å². The molecule has 0 unspecified atom stereocenters. The number of aromatic nitrogens is 3. The fourth-order valence-corrected chi connectivity index (χ4v) is 3.50. The summed E-state index contributed by atoms with van der Waals surface area (Å²) in [6, 6.07) is 5.30. The molecule has 0 saturated carbocycles. The van der Waals surface area contributed by atoms with Crippen molar-refractivity contribution in [3.63, 3.8) is 0 Å². The average Bonchev–Trinajstić information content (AvgIpc) is 2.99. The molecular weight excluding hydrogens is 288 g/mol. The lowest BCUT2D eigenvalue weighted by Crippen LogP contribution is -3.18. The van der Waals surface area contributed by atoms with Gasteiger partial charge < -0.3 is 22.1 Å². The van der Waals surface area contributed by atoms with Crippen molar-refractivity contribution in [3.05, 3.63) is 17.5 Å². The maximum absolute atomic E-state index is 5.31. The summed E-state index contributed by atoms with van der Waals surface area (Å²) in [5, 5.41) is 10.9. The molecule has 2 rings (SSSR count). The molecule has 0 aliphatic carbocycles. The third kappa shape index (κ3) is 3.37. The van der Waals surface area contributed by atoms with Gasteiger partial charge in [0.05, 0.1) is 30.1 Å². The summed E-state index contributed by atoms with van der Waals surface area (Å²) >= 11 is 6.99. The molecule has 0 aromatic carbocycles. The first-order valence-electron chi connectivity index (χ1n) is 7.00. The first-order chi connectivity index (χ1) is 9.50.